The first-order valence-electron chi connectivity index (χ1n) is 7.63. The Morgan fingerprint density at radius 2 is 1.65 bits per heavy atom. The molecule has 0 saturated heterocycles. The molecule has 0 radical (unpaired) electrons. The van der Waals surface area contributed by atoms with Gasteiger partial charge in [-0.05, 0) is 43.3 Å². The summed E-state index contributed by atoms with van der Waals surface area (Å²) in [4.78, 5) is 4.83. The summed E-state index contributed by atoms with van der Waals surface area (Å²) in [5, 5.41) is 0. The van der Waals surface area contributed by atoms with E-state index in [2.05, 4.69) is 41.8 Å². The van der Waals surface area contributed by atoms with Gasteiger partial charge in [-0.25, -0.2) is 4.98 Å². The summed E-state index contributed by atoms with van der Waals surface area (Å²) in [5.41, 5.74) is 12.1. The van der Waals surface area contributed by atoms with Gasteiger partial charge in [-0.2, -0.15) is 0 Å². The molecule has 0 bridgehead atoms. The van der Waals surface area contributed by atoms with Crippen LogP contribution in [0.15, 0.2) is 72.8 Å². The number of aryl methyl sites for hydroxylation is 1. The van der Waals surface area contributed by atoms with E-state index in [9.17, 15) is 0 Å². The van der Waals surface area contributed by atoms with Gasteiger partial charge in [0.15, 0.2) is 0 Å². The van der Waals surface area contributed by atoms with Crippen LogP contribution >= 0.6 is 0 Å². The number of fused-ring (bicyclic) bond motifs is 1. The third kappa shape index (κ3) is 2.36. The third-order valence-corrected chi connectivity index (χ3v) is 4.00. The van der Waals surface area contributed by atoms with Crippen LogP contribution < -0.4 is 5.73 Å². The van der Waals surface area contributed by atoms with Crippen LogP contribution in [0.4, 0.5) is 5.69 Å². The van der Waals surface area contributed by atoms with Gasteiger partial charge in [-0.15, -0.1) is 0 Å². The quantitative estimate of drug-likeness (QED) is 0.550. The molecule has 0 saturated carbocycles. The number of nitrogens with zero attached hydrogens (tertiary/aromatic N) is 2. The van der Waals surface area contributed by atoms with E-state index >= 15 is 0 Å². The monoisotopic (exact) mass is 299 g/mol. The van der Waals surface area contributed by atoms with Crippen LogP contribution in [0.5, 0.6) is 0 Å². The molecule has 0 aliphatic carbocycles. The van der Waals surface area contributed by atoms with Crippen LogP contribution in [0.3, 0.4) is 0 Å². The number of benzene rings is 3. The molecule has 23 heavy (non-hydrogen) atoms. The summed E-state index contributed by atoms with van der Waals surface area (Å²) in [6, 6.07) is 24.5. The zero-order valence-electron chi connectivity index (χ0n) is 12.9. The van der Waals surface area contributed by atoms with Crippen molar-refractivity contribution in [1.29, 1.82) is 0 Å². The van der Waals surface area contributed by atoms with Gasteiger partial charge in [0.05, 0.1) is 11.0 Å². The number of aromatic nitrogens is 2. The average Bonchev–Trinajstić information content (AvgIpc) is 2.95. The Morgan fingerprint density at radius 3 is 2.43 bits per heavy atom. The predicted molar refractivity (Wildman–Crippen MR) is 95.7 cm³/mol. The number of imidazole rings is 1. The molecule has 112 valence electrons. The zero-order chi connectivity index (χ0) is 15.8. The normalized spacial score (nSPS) is 11.0. The molecule has 0 aliphatic rings. The van der Waals surface area contributed by atoms with E-state index in [0.717, 1.165) is 33.8 Å². The second kappa shape index (κ2) is 5.29. The molecule has 4 aromatic rings. The Labute approximate surface area is 135 Å². The van der Waals surface area contributed by atoms with E-state index in [-0.39, 0.29) is 0 Å². The molecule has 3 heteroatoms. The van der Waals surface area contributed by atoms with Crippen LogP contribution in [0, 0.1) is 6.92 Å². The lowest BCUT2D eigenvalue weighted by Gasteiger charge is -2.10. The average molecular weight is 299 g/mol. The second-order valence-electron chi connectivity index (χ2n) is 5.72. The number of hydrogen-bond donors (Lipinski definition) is 1. The lowest BCUT2D eigenvalue weighted by Crippen LogP contribution is -1.98. The van der Waals surface area contributed by atoms with Crippen molar-refractivity contribution in [2.45, 2.75) is 6.92 Å². The molecule has 0 fully saturated rings. The van der Waals surface area contributed by atoms with Gasteiger partial charge in [-0.1, -0.05) is 42.0 Å². The highest BCUT2D eigenvalue weighted by Gasteiger charge is 2.13. The topological polar surface area (TPSA) is 43.8 Å². The second-order valence-corrected chi connectivity index (χ2v) is 5.72. The number of nitrogen functional groups attached to an aromatic ring is 1. The number of para-hydroxylation sites is 2. The number of hydrogen-bond acceptors (Lipinski definition) is 2. The maximum absolute atomic E-state index is 5.96. The van der Waals surface area contributed by atoms with E-state index in [1.807, 2.05) is 42.5 Å². The van der Waals surface area contributed by atoms with Crippen molar-refractivity contribution in [3.63, 3.8) is 0 Å². The van der Waals surface area contributed by atoms with Crippen molar-refractivity contribution in [3.8, 4) is 17.1 Å². The van der Waals surface area contributed by atoms with Crippen molar-refractivity contribution >= 4 is 16.7 Å². The van der Waals surface area contributed by atoms with Gasteiger partial charge in [0.1, 0.15) is 5.82 Å². The van der Waals surface area contributed by atoms with Gasteiger partial charge in [0.25, 0.3) is 0 Å². The molecule has 0 spiro atoms. The number of rotatable bonds is 2. The Bertz CT molecular complexity index is 981. The smallest absolute Gasteiger partial charge is 0.145 e. The molecule has 1 aromatic heterocycles. The molecule has 2 N–H and O–H groups in total. The predicted octanol–water partition coefficient (Wildman–Crippen LogP) is 4.58. The Kier molecular flexibility index (Phi) is 3.12. The Balaban J connectivity index is 2.04. The standard InChI is InChI=1S/C20H17N3/c1-14-9-11-17(12-10-14)23-19-8-3-2-7-18(19)22-20(23)15-5-4-6-16(21)13-15/h2-13H,21H2,1H3. The molecular formula is C20H17N3. The first-order chi connectivity index (χ1) is 11.2. The van der Waals surface area contributed by atoms with E-state index in [4.69, 9.17) is 10.7 Å². The minimum atomic E-state index is 0.741. The van der Waals surface area contributed by atoms with Crippen molar-refractivity contribution in [3.05, 3.63) is 78.4 Å². The van der Waals surface area contributed by atoms with Crippen molar-refractivity contribution < 1.29 is 0 Å². The van der Waals surface area contributed by atoms with Gasteiger partial charge in [0.2, 0.25) is 0 Å². The molecule has 0 unspecified atom stereocenters. The van der Waals surface area contributed by atoms with Gasteiger partial charge in [-0.3, -0.25) is 4.57 Å². The van der Waals surface area contributed by atoms with Crippen LogP contribution in [0.25, 0.3) is 28.1 Å². The lowest BCUT2D eigenvalue weighted by molar-refractivity contribution is 1.10. The Hall–Kier alpha value is -3.07. The van der Waals surface area contributed by atoms with E-state index < -0.39 is 0 Å². The van der Waals surface area contributed by atoms with Crippen molar-refractivity contribution in [2.75, 3.05) is 5.73 Å². The molecule has 3 aromatic carbocycles. The van der Waals surface area contributed by atoms with Crippen LogP contribution in [0.1, 0.15) is 5.56 Å². The highest BCUT2D eigenvalue weighted by molar-refractivity contribution is 5.83. The summed E-state index contributed by atoms with van der Waals surface area (Å²) < 4.78 is 2.18. The van der Waals surface area contributed by atoms with Crippen molar-refractivity contribution in [2.24, 2.45) is 0 Å². The minimum absolute atomic E-state index is 0.741. The molecular weight excluding hydrogens is 282 g/mol. The first kappa shape index (κ1) is 13.6. The Morgan fingerprint density at radius 1 is 0.870 bits per heavy atom. The highest BCUT2D eigenvalue weighted by atomic mass is 15.1. The van der Waals surface area contributed by atoms with Gasteiger partial charge >= 0.3 is 0 Å². The summed E-state index contributed by atoms with van der Waals surface area (Å²) in [6.07, 6.45) is 0. The van der Waals surface area contributed by atoms with Gasteiger partial charge in [0, 0.05) is 16.9 Å². The maximum Gasteiger partial charge on any atom is 0.145 e. The maximum atomic E-state index is 5.96. The molecule has 0 aliphatic heterocycles. The molecule has 0 amide bonds. The fourth-order valence-corrected chi connectivity index (χ4v) is 2.85. The number of nitrogens with two attached hydrogens (primary N) is 1. The van der Waals surface area contributed by atoms with Crippen LogP contribution in [-0.2, 0) is 0 Å². The van der Waals surface area contributed by atoms with E-state index in [1.54, 1.807) is 0 Å². The SMILES string of the molecule is Cc1ccc(-n2c(-c3cccc(N)c3)nc3ccccc32)cc1. The fourth-order valence-electron chi connectivity index (χ4n) is 2.85. The van der Waals surface area contributed by atoms with E-state index in [1.165, 1.54) is 5.56 Å². The highest BCUT2D eigenvalue weighted by Crippen LogP contribution is 2.29. The minimum Gasteiger partial charge on any atom is -0.399 e. The van der Waals surface area contributed by atoms with Crippen molar-refractivity contribution in [1.82, 2.24) is 9.55 Å². The summed E-state index contributed by atoms with van der Waals surface area (Å²) >= 11 is 0. The summed E-state index contributed by atoms with van der Waals surface area (Å²) in [7, 11) is 0. The lowest BCUT2D eigenvalue weighted by atomic mass is 10.1. The first-order valence-corrected chi connectivity index (χ1v) is 7.63. The van der Waals surface area contributed by atoms with Gasteiger partial charge < -0.3 is 5.73 Å². The van der Waals surface area contributed by atoms with Crippen LogP contribution in [-0.4, -0.2) is 9.55 Å². The largest absolute Gasteiger partial charge is 0.399 e. The molecule has 1 heterocycles. The molecule has 0 atom stereocenters. The fraction of sp³-hybridized carbons (Fsp3) is 0.0500. The zero-order valence-corrected chi connectivity index (χ0v) is 12.9. The molecule has 3 nitrogen and oxygen atoms in total. The van der Waals surface area contributed by atoms with E-state index in [0.29, 0.717) is 0 Å². The van der Waals surface area contributed by atoms with Crippen LogP contribution in [0.2, 0.25) is 0 Å². The molecule has 4 rings (SSSR count). The number of anilines is 1. The third-order valence-electron chi connectivity index (χ3n) is 4.00. The summed E-state index contributed by atoms with van der Waals surface area (Å²) in [6.45, 7) is 2.09. The summed E-state index contributed by atoms with van der Waals surface area (Å²) in [5.74, 6) is 0.905.